The van der Waals surface area contributed by atoms with Crippen molar-refractivity contribution in [3.05, 3.63) is 71.8 Å². The molecule has 6 amide bonds. The van der Waals surface area contributed by atoms with Crippen molar-refractivity contribution in [1.29, 1.82) is 0 Å². The van der Waals surface area contributed by atoms with Crippen LogP contribution >= 0.6 is 0 Å². The van der Waals surface area contributed by atoms with Crippen molar-refractivity contribution < 1.29 is 24.0 Å². The van der Waals surface area contributed by atoms with Crippen LogP contribution in [-0.2, 0) is 25.6 Å². The molecule has 1 aliphatic heterocycles. The van der Waals surface area contributed by atoms with Crippen molar-refractivity contribution in [2.24, 2.45) is 11.7 Å². The molecular weight excluding hydrogens is 660 g/mol. The minimum atomic E-state index is -0.913. The zero-order valence-corrected chi connectivity index (χ0v) is 30.7. The van der Waals surface area contributed by atoms with Crippen LogP contribution in [0.3, 0.4) is 0 Å². The zero-order valence-electron chi connectivity index (χ0n) is 30.7. The van der Waals surface area contributed by atoms with E-state index in [2.05, 4.69) is 51.0 Å². The number of hydrogen-bond donors (Lipinski definition) is 7. The number of nitrogens with zero attached hydrogens (tertiary/aromatic N) is 1. The van der Waals surface area contributed by atoms with Crippen molar-refractivity contribution in [2.75, 3.05) is 39.8 Å². The highest BCUT2D eigenvalue weighted by atomic mass is 16.2. The summed E-state index contributed by atoms with van der Waals surface area (Å²) in [5.41, 5.74) is 7.78. The Balaban J connectivity index is 1.40. The lowest BCUT2D eigenvalue weighted by molar-refractivity contribution is -0.138. The van der Waals surface area contributed by atoms with Gasteiger partial charge in [0, 0.05) is 39.1 Å². The van der Waals surface area contributed by atoms with Crippen LogP contribution in [0.25, 0.3) is 0 Å². The molecule has 2 fully saturated rings. The van der Waals surface area contributed by atoms with Gasteiger partial charge in [0.25, 0.3) is 0 Å². The third-order valence-corrected chi connectivity index (χ3v) is 9.87. The van der Waals surface area contributed by atoms with Crippen molar-refractivity contribution >= 4 is 29.7 Å². The van der Waals surface area contributed by atoms with E-state index in [1.165, 1.54) is 5.56 Å². The summed E-state index contributed by atoms with van der Waals surface area (Å²) in [4.78, 5) is 68.3. The predicted molar refractivity (Wildman–Crippen MR) is 201 cm³/mol. The normalized spacial score (nSPS) is 16.9. The molecule has 284 valence electrons. The lowest BCUT2D eigenvalue weighted by Crippen LogP contribution is -2.58. The highest BCUT2D eigenvalue weighted by Crippen LogP contribution is 2.33. The molecule has 1 heterocycles. The monoisotopic (exact) mass is 718 g/mol. The number of amides is 6. The largest absolute Gasteiger partial charge is 0.343 e. The van der Waals surface area contributed by atoms with E-state index in [1.54, 1.807) is 11.9 Å². The van der Waals surface area contributed by atoms with E-state index >= 15 is 0 Å². The Hall–Kier alpha value is -4.49. The first kappa shape index (κ1) is 40.3. The fourth-order valence-corrected chi connectivity index (χ4v) is 6.54. The molecule has 0 spiro atoms. The number of likely N-dealkylation sites (tertiary alicyclic amines) is 1. The maximum Gasteiger partial charge on any atom is 0.314 e. The second-order valence-corrected chi connectivity index (χ2v) is 14.2. The average molecular weight is 719 g/mol. The molecule has 2 aromatic carbocycles. The Morgan fingerprint density at radius 2 is 1.44 bits per heavy atom. The van der Waals surface area contributed by atoms with E-state index in [4.69, 9.17) is 5.73 Å². The molecule has 8 N–H and O–H groups in total. The van der Waals surface area contributed by atoms with E-state index in [1.807, 2.05) is 48.5 Å². The van der Waals surface area contributed by atoms with Gasteiger partial charge in [-0.3, -0.25) is 19.2 Å². The Morgan fingerprint density at radius 3 is 2.08 bits per heavy atom. The van der Waals surface area contributed by atoms with Crippen molar-refractivity contribution in [1.82, 2.24) is 36.8 Å². The molecule has 0 bridgehead atoms. The maximum absolute atomic E-state index is 13.9. The van der Waals surface area contributed by atoms with Gasteiger partial charge in [0.2, 0.25) is 23.6 Å². The van der Waals surface area contributed by atoms with E-state index < -0.39 is 29.9 Å². The van der Waals surface area contributed by atoms with Crippen molar-refractivity contribution in [3.63, 3.8) is 0 Å². The van der Waals surface area contributed by atoms with Gasteiger partial charge in [-0.15, -0.1) is 0 Å². The van der Waals surface area contributed by atoms with Crippen molar-refractivity contribution in [3.8, 4) is 0 Å². The Morgan fingerprint density at radius 1 is 0.808 bits per heavy atom. The topological polar surface area (TPSA) is 187 Å². The molecule has 52 heavy (non-hydrogen) atoms. The van der Waals surface area contributed by atoms with Gasteiger partial charge in [0.1, 0.15) is 18.1 Å². The van der Waals surface area contributed by atoms with Gasteiger partial charge < -0.3 is 42.5 Å². The fraction of sp³-hybridized carbons (Fsp3) is 0.564. The highest BCUT2D eigenvalue weighted by molar-refractivity contribution is 5.94. The summed E-state index contributed by atoms with van der Waals surface area (Å²) in [6.45, 7) is 4.10. The number of piperidine rings is 1. The number of urea groups is 1. The first-order valence-corrected chi connectivity index (χ1v) is 18.8. The molecule has 2 aromatic rings. The standard InChI is InChI=1S/C39H58N8O5/c1-27(30-13-7-4-8-14-30)25-42-26-35(48)44-33(23-28-11-5-3-6-12-28)36(49)46-34(24-29-16-17-29)37(50)45-32(15-9-10-20-40)38(51)47-21-18-31(19-22-47)43-39(52)41-2/h3-8,11-14,27,29,31-34,42H,9-10,15-26,40H2,1-2H3,(H,44,48)(H,45,50)(H,46,49)(H2,41,43,52). The number of carbonyl (C=O) groups excluding carboxylic acids is 5. The summed E-state index contributed by atoms with van der Waals surface area (Å²) >= 11 is 0. The summed E-state index contributed by atoms with van der Waals surface area (Å²) in [6, 6.07) is 16.6. The molecule has 4 atom stereocenters. The molecule has 1 saturated carbocycles. The van der Waals surface area contributed by atoms with E-state index in [9.17, 15) is 24.0 Å². The lowest BCUT2D eigenvalue weighted by Gasteiger charge is -2.35. The van der Waals surface area contributed by atoms with Gasteiger partial charge >= 0.3 is 6.03 Å². The maximum atomic E-state index is 13.9. The van der Waals surface area contributed by atoms with Crippen LogP contribution < -0.4 is 37.6 Å². The van der Waals surface area contributed by atoms with Gasteiger partial charge in [-0.2, -0.15) is 0 Å². The minimum Gasteiger partial charge on any atom is -0.343 e. The Kier molecular flexibility index (Phi) is 16.4. The molecule has 2 aliphatic rings. The van der Waals surface area contributed by atoms with Crippen LogP contribution in [0.1, 0.15) is 75.3 Å². The second-order valence-electron chi connectivity index (χ2n) is 14.2. The quantitative estimate of drug-likeness (QED) is 0.102. The van der Waals surface area contributed by atoms with Gasteiger partial charge in [-0.05, 0) is 68.0 Å². The number of unbranched alkanes of at least 4 members (excludes halogenated alkanes) is 1. The summed E-state index contributed by atoms with van der Waals surface area (Å²) < 4.78 is 0. The molecule has 4 rings (SSSR count). The van der Waals surface area contributed by atoms with Crippen LogP contribution in [0.2, 0.25) is 0 Å². The summed E-state index contributed by atoms with van der Waals surface area (Å²) in [7, 11) is 1.56. The van der Waals surface area contributed by atoms with E-state index in [0.717, 1.165) is 18.4 Å². The number of rotatable bonds is 20. The number of nitrogens with one attached hydrogen (secondary N) is 6. The van der Waals surface area contributed by atoms with Crippen LogP contribution in [-0.4, -0.2) is 98.5 Å². The third kappa shape index (κ3) is 13.6. The van der Waals surface area contributed by atoms with Crippen LogP contribution in [0.5, 0.6) is 0 Å². The molecule has 0 radical (unpaired) electrons. The summed E-state index contributed by atoms with van der Waals surface area (Å²) in [5, 5.41) is 17.5. The number of carbonyl (C=O) groups is 5. The van der Waals surface area contributed by atoms with E-state index in [0.29, 0.717) is 70.6 Å². The van der Waals surface area contributed by atoms with Crippen LogP contribution in [0.15, 0.2) is 60.7 Å². The van der Waals surface area contributed by atoms with E-state index in [-0.39, 0.29) is 42.8 Å². The second kappa shape index (κ2) is 21.1. The molecule has 13 nitrogen and oxygen atoms in total. The van der Waals surface area contributed by atoms with Crippen LogP contribution in [0, 0.1) is 5.92 Å². The molecule has 0 aromatic heterocycles. The molecule has 13 heteroatoms. The Bertz CT molecular complexity index is 1430. The minimum absolute atomic E-state index is 0.0352. The van der Waals surface area contributed by atoms with Gasteiger partial charge in [-0.25, -0.2) is 4.79 Å². The first-order chi connectivity index (χ1) is 25.2. The lowest BCUT2D eigenvalue weighted by atomic mass is 10.0. The smallest absolute Gasteiger partial charge is 0.314 e. The van der Waals surface area contributed by atoms with Crippen LogP contribution in [0.4, 0.5) is 4.79 Å². The van der Waals surface area contributed by atoms with Gasteiger partial charge in [0.15, 0.2) is 0 Å². The number of nitrogens with two attached hydrogens (primary N) is 1. The Labute approximate surface area is 308 Å². The summed E-state index contributed by atoms with van der Waals surface area (Å²) in [6.07, 6.45) is 5.64. The number of benzene rings is 2. The molecule has 4 unspecified atom stereocenters. The van der Waals surface area contributed by atoms with Gasteiger partial charge in [0.05, 0.1) is 6.54 Å². The molecule has 1 aliphatic carbocycles. The first-order valence-electron chi connectivity index (χ1n) is 18.8. The fourth-order valence-electron chi connectivity index (χ4n) is 6.54. The third-order valence-electron chi connectivity index (χ3n) is 9.87. The number of hydrogen-bond acceptors (Lipinski definition) is 7. The average Bonchev–Trinajstić information content (AvgIpc) is 3.98. The van der Waals surface area contributed by atoms with Crippen molar-refractivity contribution in [2.45, 2.75) is 94.8 Å². The SMILES string of the molecule is CNC(=O)NC1CCN(C(=O)C(CCCCN)NC(=O)C(CC2CC2)NC(=O)C(Cc2ccccc2)NC(=O)CNCC(C)c2ccccc2)CC1. The molecular formula is C39H58N8O5. The molecule has 1 saturated heterocycles. The zero-order chi connectivity index (χ0) is 37.3. The van der Waals surface area contributed by atoms with Gasteiger partial charge in [-0.1, -0.05) is 80.4 Å². The predicted octanol–water partition coefficient (Wildman–Crippen LogP) is 1.93. The highest BCUT2D eigenvalue weighted by Gasteiger charge is 2.35. The summed E-state index contributed by atoms with van der Waals surface area (Å²) in [5.74, 6) is -0.866.